The van der Waals surface area contributed by atoms with Crippen LogP contribution in [-0.4, -0.2) is 50.7 Å². The van der Waals surface area contributed by atoms with Gasteiger partial charge in [0.05, 0.1) is 17.3 Å². The van der Waals surface area contributed by atoms with E-state index < -0.39 is 40.8 Å². The molecular formula is C27H22F5N7O2. The number of alkyl halides is 3. The van der Waals surface area contributed by atoms with Gasteiger partial charge in [0.15, 0.2) is 28.9 Å². The Bertz CT molecular complexity index is 1650. The first-order chi connectivity index (χ1) is 19.5. The van der Waals surface area contributed by atoms with Crippen LogP contribution < -0.4 is 15.8 Å². The number of amides is 1. The van der Waals surface area contributed by atoms with Gasteiger partial charge >= 0.3 is 6.18 Å². The number of likely N-dealkylation sites (N-methyl/N-ethyl adjacent to an activating group) is 1. The first-order valence-corrected chi connectivity index (χ1v) is 12.2. The highest BCUT2D eigenvalue weighted by Crippen LogP contribution is 2.38. The Kier molecular flexibility index (Phi) is 7.41. The Morgan fingerprint density at radius 1 is 1.07 bits per heavy atom. The second-order valence-electron chi connectivity index (χ2n) is 9.14. The molecule has 0 saturated heterocycles. The predicted octanol–water partition coefficient (Wildman–Crippen LogP) is 5.31. The molecule has 0 spiro atoms. The molecular weight excluding hydrogens is 549 g/mol. The van der Waals surface area contributed by atoms with E-state index in [4.69, 9.17) is 10.5 Å². The number of pyridine rings is 2. The third-order valence-corrected chi connectivity index (χ3v) is 6.31. The summed E-state index contributed by atoms with van der Waals surface area (Å²) >= 11 is 0. The number of carbonyl (C=O) groups excluding carboxylic acids is 1. The topological polar surface area (TPSA) is 111 Å². The average Bonchev–Trinajstić information content (AvgIpc) is 3.38. The van der Waals surface area contributed by atoms with Gasteiger partial charge < -0.3 is 20.7 Å². The van der Waals surface area contributed by atoms with Crippen LogP contribution in [0.25, 0.3) is 11.4 Å². The molecule has 1 aliphatic rings. The molecule has 1 aromatic carbocycles. The maximum atomic E-state index is 15.1. The van der Waals surface area contributed by atoms with Gasteiger partial charge in [-0.3, -0.25) is 4.79 Å². The third kappa shape index (κ3) is 5.72. The summed E-state index contributed by atoms with van der Waals surface area (Å²) in [5.74, 6) is -3.68. The molecule has 41 heavy (non-hydrogen) atoms. The summed E-state index contributed by atoms with van der Waals surface area (Å²) in [6.45, 7) is 1.48. The number of nitrogens with zero attached hydrogens (tertiary/aromatic N) is 5. The molecule has 3 aromatic heterocycles. The van der Waals surface area contributed by atoms with Crippen molar-refractivity contribution < 1.29 is 31.5 Å². The van der Waals surface area contributed by atoms with Crippen LogP contribution in [0.15, 0.2) is 61.1 Å². The van der Waals surface area contributed by atoms with Gasteiger partial charge in [0, 0.05) is 37.2 Å². The van der Waals surface area contributed by atoms with E-state index in [2.05, 4.69) is 25.3 Å². The summed E-state index contributed by atoms with van der Waals surface area (Å²) in [6, 6.07) is 7.01. The molecule has 0 saturated carbocycles. The average molecular weight is 572 g/mol. The Labute approximate surface area is 230 Å². The predicted molar refractivity (Wildman–Crippen MR) is 139 cm³/mol. The fourth-order valence-corrected chi connectivity index (χ4v) is 4.32. The number of carbonyl (C=O) groups is 1. The van der Waals surface area contributed by atoms with E-state index in [-0.39, 0.29) is 27.7 Å². The van der Waals surface area contributed by atoms with Crippen molar-refractivity contribution >= 4 is 23.0 Å². The van der Waals surface area contributed by atoms with Gasteiger partial charge in [0.25, 0.3) is 5.91 Å². The Hall–Kier alpha value is -4.85. The second kappa shape index (κ2) is 11.0. The number of nitrogen functional groups attached to an aromatic ring is 1. The number of benzene rings is 1. The summed E-state index contributed by atoms with van der Waals surface area (Å²) in [7, 11) is 1.98. The molecule has 212 valence electrons. The zero-order valence-corrected chi connectivity index (χ0v) is 21.4. The van der Waals surface area contributed by atoms with Crippen molar-refractivity contribution in [3.63, 3.8) is 0 Å². The summed E-state index contributed by atoms with van der Waals surface area (Å²) < 4.78 is 76.9. The number of anilines is 2. The maximum Gasteiger partial charge on any atom is 0.434 e. The second-order valence-corrected chi connectivity index (χ2v) is 9.14. The van der Waals surface area contributed by atoms with E-state index in [1.807, 2.05) is 13.1 Å². The highest BCUT2D eigenvalue weighted by atomic mass is 19.4. The summed E-state index contributed by atoms with van der Waals surface area (Å²) in [4.78, 5) is 22.6. The van der Waals surface area contributed by atoms with Crippen LogP contribution in [0, 0.1) is 11.6 Å². The fraction of sp³-hybridized carbons (Fsp3) is 0.185. The van der Waals surface area contributed by atoms with Crippen molar-refractivity contribution in [2.75, 3.05) is 31.2 Å². The molecule has 1 amide bonds. The molecule has 0 fully saturated rings. The molecule has 14 heteroatoms. The standard InChI is InChI=1S/C27H22F5N7O2/c1-38-11-7-15(8-12-38)22-21(6-10-34-24(22)33)41-20-5-4-16(13-19(20)29)37-26(40)17-14-36-39(23(17)27(30,31)32)25-18(28)3-2-9-35-25/h2-7,9-10,13-14H,8,11-12H2,1H3,(H2,33,34)(H,37,40). The minimum atomic E-state index is -5.09. The lowest BCUT2D eigenvalue weighted by Gasteiger charge is -2.23. The van der Waals surface area contributed by atoms with E-state index in [1.165, 1.54) is 24.4 Å². The maximum absolute atomic E-state index is 15.1. The van der Waals surface area contributed by atoms with Crippen LogP contribution in [0.4, 0.5) is 33.5 Å². The minimum absolute atomic E-state index is 0.155. The molecule has 9 nitrogen and oxygen atoms in total. The zero-order valence-electron chi connectivity index (χ0n) is 21.4. The minimum Gasteiger partial charge on any atom is -0.453 e. The van der Waals surface area contributed by atoms with Crippen LogP contribution in [0.5, 0.6) is 11.5 Å². The number of nitrogens with one attached hydrogen (secondary N) is 1. The van der Waals surface area contributed by atoms with Crippen LogP contribution in [-0.2, 0) is 6.18 Å². The van der Waals surface area contributed by atoms with E-state index in [0.717, 1.165) is 30.4 Å². The van der Waals surface area contributed by atoms with Gasteiger partial charge in [0.1, 0.15) is 11.6 Å². The number of hydrogen-bond acceptors (Lipinski definition) is 7. The van der Waals surface area contributed by atoms with E-state index >= 15 is 4.39 Å². The zero-order chi connectivity index (χ0) is 29.3. The SMILES string of the molecule is CN1CC=C(c2c(Oc3ccc(NC(=O)c4cnn(-c5ncccc5F)c4C(F)(F)F)cc3F)ccnc2N)CC1. The van der Waals surface area contributed by atoms with Crippen molar-refractivity contribution in [3.8, 4) is 17.3 Å². The van der Waals surface area contributed by atoms with E-state index in [0.29, 0.717) is 24.7 Å². The molecule has 0 unspecified atom stereocenters. The number of nitrogens with two attached hydrogens (primary N) is 1. The quantitative estimate of drug-likeness (QED) is 0.302. The number of rotatable bonds is 6. The van der Waals surface area contributed by atoms with Crippen molar-refractivity contribution in [2.45, 2.75) is 12.6 Å². The Morgan fingerprint density at radius 3 is 2.56 bits per heavy atom. The van der Waals surface area contributed by atoms with Gasteiger partial charge in [-0.1, -0.05) is 6.08 Å². The van der Waals surface area contributed by atoms with Gasteiger partial charge in [-0.15, -0.1) is 0 Å². The molecule has 5 rings (SSSR count). The Morgan fingerprint density at radius 2 is 1.88 bits per heavy atom. The summed E-state index contributed by atoms with van der Waals surface area (Å²) in [5.41, 5.74) is 4.94. The number of ether oxygens (including phenoxy) is 1. The van der Waals surface area contributed by atoms with E-state index in [1.54, 1.807) is 6.07 Å². The van der Waals surface area contributed by atoms with Gasteiger partial charge in [-0.25, -0.2) is 23.4 Å². The highest BCUT2D eigenvalue weighted by molar-refractivity contribution is 6.05. The van der Waals surface area contributed by atoms with Gasteiger partial charge in [-0.2, -0.15) is 18.3 Å². The monoisotopic (exact) mass is 571 g/mol. The smallest absolute Gasteiger partial charge is 0.434 e. The number of aromatic nitrogens is 4. The lowest BCUT2D eigenvalue weighted by atomic mass is 9.99. The molecule has 1 aliphatic heterocycles. The first-order valence-electron chi connectivity index (χ1n) is 12.2. The van der Waals surface area contributed by atoms with Gasteiger partial charge in [-0.05, 0) is 49.4 Å². The molecule has 0 bridgehead atoms. The molecule has 3 N–H and O–H groups in total. The third-order valence-electron chi connectivity index (χ3n) is 6.31. The van der Waals surface area contributed by atoms with Crippen LogP contribution in [0.3, 0.4) is 0 Å². The largest absolute Gasteiger partial charge is 0.453 e. The highest BCUT2D eigenvalue weighted by Gasteiger charge is 2.41. The van der Waals surface area contributed by atoms with Crippen LogP contribution >= 0.6 is 0 Å². The Balaban J connectivity index is 1.40. The fourth-order valence-electron chi connectivity index (χ4n) is 4.32. The first kappa shape index (κ1) is 27.7. The lowest BCUT2D eigenvalue weighted by molar-refractivity contribution is -0.143. The summed E-state index contributed by atoms with van der Waals surface area (Å²) in [6.07, 6.45) is 0.709. The molecule has 0 radical (unpaired) electrons. The molecule has 4 aromatic rings. The summed E-state index contributed by atoms with van der Waals surface area (Å²) in [5, 5.41) is 5.74. The van der Waals surface area contributed by atoms with Crippen molar-refractivity contribution in [1.82, 2.24) is 24.6 Å². The number of halogens is 5. The molecule has 0 atom stereocenters. The van der Waals surface area contributed by atoms with Crippen LogP contribution in [0.1, 0.15) is 28.0 Å². The van der Waals surface area contributed by atoms with Crippen molar-refractivity contribution in [1.29, 1.82) is 0 Å². The lowest BCUT2D eigenvalue weighted by Crippen LogP contribution is -2.24. The number of hydrogen-bond donors (Lipinski definition) is 2. The normalized spacial score (nSPS) is 14.0. The van der Waals surface area contributed by atoms with Crippen molar-refractivity contribution in [3.05, 3.63) is 89.5 Å². The van der Waals surface area contributed by atoms with Gasteiger partial charge in [0.2, 0.25) is 0 Å². The van der Waals surface area contributed by atoms with Crippen molar-refractivity contribution in [2.24, 2.45) is 0 Å². The molecule has 0 aliphatic carbocycles. The molecule has 4 heterocycles. The van der Waals surface area contributed by atoms with Crippen LogP contribution in [0.2, 0.25) is 0 Å². The van der Waals surface area contributed by atoms with E-state index in [9.17, 15) is 22.4 Å².